The normalized spacial score (nSPS) is 26.4. The lowest BCUT2D eigenvalue weighted by Gasteiger charge is -2.19. The van der Waals surface area contributed by atoms with Gasteiger partial charge in [0.05, 0.1) is 12.1 Å². The molecular formula is C33H45N4O6-. The van der Waals surface area contributed by atoms with Crippen LogP contribution in [0.5, 0.6) is 0 Å². The first-order valence-electron chi connectivity index (χ1n) is 15.4. The van der Waals surface area contributed by atoms with E-state index in [4.69, 9.17) is 4.98 Å². The van der Waals surface area contributed by atoms with Gasteiger partial charge in [0.2, 0.25) is 11.8 Å². The number of amides is 2. The molecule has 5 N–H and O–H groups in total. The Bertz CT molecular complexity index is 1400. The Morgan fingerprint density at radius 3 is 2.26 bits per heavy atom. The van der Waals surface area contributed by atoms with Crippen LogP contribution in [0, 0.1) is 24.7 Å². The molecule has 3 aliphatic heterocycles. The lowest BCUT2D eigenvalue weighted by molar-refractivity contribution is -0.138. The number of carbonyl (C=O) groups excluding carboxylic acids is 2. The van der Waals surface area contributed by atoms with Crippen molar-refractivity contribution in [2.75, 3.05) is 0 Å². The van der Waals surface area contributed by atoms with Crippen molar-refractivity contribution in [2.24, 2.45) is 17.8 Å². The van der Waals surface area contributed by atoms with E-state index in [2.05, 4.69) is 29.0 Å². The summed E-state index contributed by atoms with van der Waals surface area (Å²) in [7, 11) is 0. The predicted molar refractivity (Wildman–Crippen MR) is 162 cm³/mol. The highest BCUT2D eigenvalue weighted by Crippen LogP contribution is 2.37. The molecule has 2 unspecified atom stereocenters. The lowest BCUT2D eigenvalue weighted by atomic mass is 9.87. The van der Waals surface area contributed by atoms with E-state index in [0.717, 1.165) is 57.0 Å². The molecule has 1 aromatic heterocycles. The summed E-state index contributed by atoms with van der Waals surface area (Å²) < 4.78 is 0. The second-order valence-electron chi connectivity index (χ2n) is 12.2. The average Bonchev–Trinajstić information content (AvgIpc) is 3.59. The summed E-state index contributed by atoms with van der Waals surface area (Å²) in [4.78, 5) is 53.0. The molecule has 10 nitrogen and oxygen atoms in total. The van der Waals surface area contributed by atoms with Crippen LogP contribution in [-0.2, 0) is 38.4 Å². The predicted octanol–water partition coefficient (Wildman–Crippen LogP) is 3.68. The fourth-order valence-electron chi connectivity index (χ4n) is 7.00. The second-order valence-corrected chi connectivity index (χ2v) is 12.2. The summed E-state index contributed by atoms with van der Waals surface area (Å²) in [5.41, 5.74) is 8.05. The number of carboxylic acid groups (broad SMARTS) is 2. The standard InChI is InChI=1S/C33H45N4O6/c1-7-20-19(6)32(42)37-27(20)14-25-18(5)23(10-12-31(40)41)29(35-25)15-28-22(9-11-30(38)39)17(4)24(34-28)13-26-16(3)21(8-2)33(43)36-26/h14,18-20,26-27,35H,7-13,15H2,1-6H3,(H,36,43)(H,37,42)(H,38,39)(H,40,41)/q-1/b25-14+/t18?,19-,20-,26-,27?/m1/s1. The van der Waals surface area contributed by atoms with Crippen molar-refractivity contribution in [1.29, 1.82) is 0 Å². The Morgan fingerprint density at radius 2 is 1.65 bits per heavy atom. The molecule has 1 aromatic rings. The lowest BCUT2D eigenvalue weighted by Crippen LogP contribution is -2.30. The highest BCUT2D eigenvalue weighted by molar-refractivity contribution is 5.97. The van der Waals surface area contributed by atoms with Crippen molar-refractivity contribution in [3.63, 3.8) is 0 Å². The number of hydrogen-bond donors (Lipinski definition) is 5. The third kappa shape index (κ3) is 6.73. The van der Waals surface area contributed by atoms with Gasteiger partial charge in [0.1, 0.15) is 0 Å². The van der Waals surface area contributed by atoms with Crippen LogP contribution in [0.2, 0.25) is 0 Å². The summed E-state index contributed by atoms with van der Waals surface area (Å²) in [6.07, 6.45) is 5.18. The number of aliphatic carboxylic acids is 2. The first-order valence-corrected chi connectivity index (χ1v) is 15.4. The number of nitrogens with one attached hydrogen (secondary N) is 3. The van der Waals surface area contributed by atoms with Crippen LogP contribution in [0.1, 0.15) is 89.2 Å². The second kappa shape index (κ2) is 13.2. The summed E-state index contributed by atoms with van der Waals surface area (Å²) in [5, 5.41) is 28.7. The van der Waals surface area contributed by atoms with Crippen LogP contribution in [-0.4, -0.2) is 46.0 Å². The number of nitrogens with zero attached hydrogens (tertiary/aromatic N) is 1. The molecule has 234 valence electrons. The van der Waals surface area contributed by atoms with Crippen LogP contribution in [0.4, 0.5) is 0 Å². The fraction of sp³-hybridized carbons (Fsp3) is 0.576. The molecule has 10 heteroatoms. The van der Waals surface area contributed by atoms with Crippen molar-refractivity contribution >= 4 is 23.8 Å². The molecule has 5 atom stereocenters. The third-order valence-corrected chi connectivity index (χ3v) is 9.70. The van der Waals surface area contributed by atoms with E-state index in [1.54, 1.807) is 0 Å². The molecular weight excluding hydrogens is 548 g/mol. The number of carbonyl (C=O) groups is 4. The van der Waals surface area contributed by atoms with Crippen molar-refractivity contribution in [3.05, 3.63) is 56.7 Å². The van der Waals surface area contributed by atoms with Gasteiger partial charge in [-0.15, -0.1) is 0 Å². The third-order valence-electron chi connectivity index (χ3n) is 9.70. The number of hydrogen-bond acceptors (Lipinski definition) is 5. The van der Waals surface area contributed by atoms with Crippen molar-refractivity contribution in [2.45, 2.75) is 105 Å². The Morgan fingerprint density at radius 1 is 0.977 bits per heavy atom. The minimum atomic E-state index is -0.889. The van der Waals surface area contributed by atoms with Crippen molar-refractivity contribution < 1.29 is 29.4 Å². The van der Waals surface area contributed by atoms with Gasteiger partial charge in [0.15, 0.2) is 0 Å². The molecule has 4 rings (SSSR count). The molecule has 0 saturated carbocycles. The maximum absolute atomic E-state index is 12.4. The zero-order valence-corrected chi connectivity index (χ0v) is 26.1. The van der Waals surface area contributed by atoms with Crippen LogP contribution in [0.3, 0.4) is 0 Å². The topological polar surface area (TPSA) is 159 Å². The van der Waals surface area contributed by atoms with Crippen molar-refractivity contribution in [1.82, 2.24) is 20.9 Å². The number of rotatable bonds is 13. The van der Waals surface area contributed by atoms with Gasteiger partial charge >= 0.3 is 11.9 Å². The van der Waals surface area contributed by atoms with Crippen LogP contribution in [0.15, 0.2) is 34.2 Å². The van der Waals surface area contributed by atoms with Gasteiger partial charge in [-0.1, -0.05) is 45.2 Å². The zero-order chi connectivity index (χ0) is 31.6. The minimum Gasteiger partial charge on any atom is -0.664 e. The van der Waals surface area contributed by atoms with E-state index in [-0.39, 0.29) is 54.5 Å². The molecule has 0 radical (unpaired) electrons. The molecule has 0 aromatic carbocycles. The largest absolute Gasteiger partial charge is 0.664 e. The van der Waals surface area contributed by atoms with E-state index in [0.29, 0.717) is 32.1 Å². The van der Waals surface area contributed by atoms with Gasteiger partial charge in [-0.2, -0.15) is 11.4 Å². The Hall–Kier alpha value is -3.82. The van der Waals surface area contributed by atoms with E-state index in [1.165, 1.54) is 0 Å². The molecule has 4 heterocycles. The summed E-state index contributed by atoms with van der Waals surface area (Å²) in [5.74, 6) is -1.74. The van der Waals surface area contributed by atoms with Gasteiger partial charge < -0.3 is 31.1 Å². The first-order chi connectivity index (χ1) is 20.4. The number of carboxylic acids is 2. The molecule has 0 bridgehead atoms. The highest BCUT2D eigenvalue weighted by Gasteiger charge is 2.38. The minimum absolute atomic E-state index is 0.00966. The van der Waals surface area contributed by atoms with Gasteiger partial charge in [-0.05, 0) is 69.1 Å². The molecule has 2 amide bonds. The Balaban J connectivity index is 1.67. The van der Waals surface area contributed by atoms with E-state index in [9.17, 15) is 29.4 Å². The van der Waals surface area contributed by atoms with Crippen molar-refractivity contribution in [3.8, 4) is 0 Å². The number of aromatic nitrogens is 1. The molecule has 43 heavy (non-hydrogen) atoms. The smallest absolute Gasteiger partial charge is 0.303 e. The van der Waals surface area contributed by atoms with E-state index < -0.39 is 11.9 Å². The van der Waals surface area contributed by atoms with E-state index >= 15 is 0 Å². The quantitative estimate of drug-likeness (QED) is 0.232. The maximum atomic E-state index is 12.4. The number of allylic oxidation sites excluding steroid dienone is 2. The van der Waals surface area contributed by atoms with Crippen LogP contribution >= 0.6 is 0 Å². The average molecular weight is 594 g/mol. The van der Waals surface area contributed by atoms with Crippen LogP contribution in [0.25, 0.3) is 0 Å². The summed E-state index contributed by atoms with van der Waals surface area (Å²) >= 11 is 0. The van der Waals surface area contributed by atoms with Gasteiger partial charge in [0.25, 0.3) is 0 Å². The molecule has 0 spiro atoms. The van der Waals surface area contributed by atoms with E-state index in [1.807, 2.05) is 34.6 Å². The van der Waals surface area contributed by atoms with Crippen LogP contribution < -0.4 is 20.9 Å². The van der Waals surface area contributed by atoms with Gasteiger partial charge in [-0.25, -0.2) is 0 Å². The zero-order valence-electron chi connectivity index (χ0n) is 26.1. The molecule has 0 aliphatic carbocycles. The van der Waals surface area contributed by atoms with Gasteiger partial charge in [-0.3, -0.25) is 19.2 Å². The van der Waals surface area contributed by atoms with Gasteiger partial charge in [0, 0.05) is 41.6 Å². The highest BCUT2D eigenvalue weighted by atomic mass is 16.4. The molecule has 1 fully saturated rings. The summed E-state index contributed by atoms with van der Waals surface area (Å²) in [6.45, 7) is 12.0. The summed E-state index contributed by atoms with van der Waals surface area (Å²) in [6, 6.07) is -0.267. The Labute approximate surface area is 253 Å². The fourth-order valence-corrected chi connectivity index (χ4v) is 7.00. The molecule has 1 saturated heterocycles. The monoisotopic (exact) mass is 593 g/mol. The molecule has 3 aliphatic rings. The SMILES string of the molecule is CCC1=C(C)[C@@H](Cc2[n-]c(CC3=C(CCC(=O)O)C(C)/C(=C\C4NC(=O)[C@H](C)[C@H]4CC)N3)c(CCC(=O)O)c2C)NC1=O. The first kappa shape index (κ1) is 32.1. The maximum Gasteiger partial charge on any atom is 0.303 e. The Kier molecular flexibility index (Phi) is 9.87.